The van der Waals surface area contributed by atoms with E-state index in [1.54, 1.807) is 23.2 Å². The van der Waals surface area contributed by atoms with Gasteiger partial charge >= 0.3 is 0 Å². The first kappa shape index (κ1) is 16.5. The third kappa shape index (κ3) is 3.84. The number of nitrogens with one attached hydrogen (secondary N) is 1. The molecule has 118 valence electrons. The molecule has 3 atom stereocenters. The van der Waals surface area contributed by atoms with Crippen molar-refractivity contribution in [1.29, 1.82) is 0 Å². The van der Waals surface area contributed by atoms with E-state index in [2.05, 4.69) is 5.32 Å². The molecule has 1 fully saturated rings. The van der Waals surface area contributed by atoms with Crippen molar-refractivity contribution in [2.45, 2.75) is 44.9 Å². The maximum atomic E-state index is 12.6. The predicted octanol–water partition coefficient (Wildman–Crippen LogP) is 1.78. The Balaban J connectivity index is 2.26. The zero-order valence-electron chi connectivity index (χ0n) is 12.6. The second-order valence-corrected chi connectivity index (χ2v) is 8.62. The number of thiophene rings is 1. The molecule has 5 nitrogen and oxygen atoms in total. The van der Waals surface area contributed by atoms with Crippen molar-refractivity contribution in [1.82, 2.24) is 10.2 Å². The highest BCUT2D eigenvalue weighted by atomic mass is 32.2. The van der Waals surface area contributed by atoms with E-state index in [1.165, 1.54) is 6.26 Å². The highest BCUT2D eigenvalue weighted by molar-refractivity contribution is 7.90. The Labute approximate surface area is 130 Å². The Hall–Kier alpha value is -0.920. The molecule has 1 amide bonds. The zero-order chi connectivity index (χ0) is 15.6. The summed E-state index contributed by atoms with van der Waals surface area (Å²) in [6.07, 6.45) is 2.66. The average Bonchev–Trinajstić information content (AvgIpc) is 2.96. The van der Waals surface area contributed by atoms with Crippen molar-refractivity contribution in [2.75, 3.05) is 12.0 Å². The van der Waals surface area contributed by atoms with Gasteiger partial charge in [-0.2, -0.15) is 11.3 Å². The topological polar surface area (TPSA) is 66.5 Å². The van der Waals surface area contributed by atoms with Crippen LogP contribution in [0.5, 0.6) is 0 Å². The van der Waals surface area contributed by atoms with Crippen LogP contribution in [0.2, 0.25) is 0 Å². The molecular weight excluding hydrogens is 308 g/mol. The summed E-state index contributed by atoms with van der Waals surface area (Å²) in [5.41, 5.74) is 1.02. The Morgan fingerprint density at radius 2 is 2.19 bits per heavy atom. The number of hydrogen-bond donors (Lipinski definition) is 1. The van der Waals surface area contributed by atoms with Crippen molar-refractivity contribution < 1.29 is 13.2 Å². The first-order valence-electron chi connectivity index (χ1n) is 7.11. The Kier molecular flexibility index (Phi) is 5.06. The number of hydrogen-bond acceptors (Lipinski definition) is 5. The summed E-state index contributed by atoms with van der Waals surface area (Å²) < 4.78 is 23.1. The van der Waals surface area contributed by atoms with E-state index in [-0.39, 0.29) is 29.9 Å². The van der Waals surface area contributed by atoms with E-state index in [4.69, 9.17) is 0 Å². The molecule has 0 aromatic carbocycles. The van der Waals surface area contributed by atoms with Crippen molar-refractivity contribution in [2.24, 2.45) is 0 Å². The molecule has 1 aromatic heterocycles. The second-order valence-electron chi connectivity index (χ2n) is 5.65. The monoisotopic (exact) mass is 330 g/mol. The van der Waals surface area contributed by atoms with Crippen molar-refractivity contribution >= 4 is 27.1 Å². The first-order chi connectivity index (χ1) is 9.83. The van der Waals surface area contributed by atoms with Crippen LogP contribution in [-0.2, 0) is 14.6 Å². The largest absolute Gasteiger partial charge is 0.318 e. The molecule has 0 radical (unpaired) electrons. The Bertz CT molecular complexity index is 583. The Morgan fingerprint density at radius 3 is 2.71 bits per heavy atom. The van der Waals surface area contributed by atoms with Gasteiger partial charge in [0, 0.05) is 12.3 Å². The molecule has 7 heteroatoms. The lowest BCUT2D eigenvalue weighted by molar-refractivity contribution is -0.131. The first-order valence-corrected chi connectivity index (χ1v) is 10.1. The van der Waals surface area contributed by atoms with Crippen LogP contribution in [0.3, 0.4) is 0 Å². The highest BCUT2D eigenvalue weighted by Gasteiger charge is 2.42. The molecule has 0 spiro atoms. The minimum Gasteiger partial charge on any atom is -0.318 e. The van der Waals surface area contributed by atoms with Crippen LogP contribution in [0.4, 0.5) is 0 Å². The van der Waals surface area contributed by atoms with Crippen LogP contribution >= 0.6 is 11.3 Å². The maximum Gasteiger partial charge on any atom is 0.241 e. The summed E-state index contributed by atoms with van der Waals surface area (Å²) in [5.74, 6) is -0.0101. The van der Waals surface area contributed by atoms with Crippen molar-refractivity contribution in [3.8, 4) is 0 Å². The van der Waals surface area contributed by atoms with Gasteiger partial charge in [-0.25, -0.2) is 8.42 Å². The summed E-state index contributed by atoms with van der Waals surface area (Å²) in [4.78, 5) is 14.3. The quantitative estimate of drug-likeness (QED) is 0.863. The van der Waals surface area contributed by atoms with Crippen LogP contribution in [0.15, 0.2) is 16.8 Å². The SMILES string of the molecule is CCCC1NC(c2ccsc2)N(C(C)CS(C)(=O)=O)C1=O. The predicted molar refractivity (Wildman–Crippen MR) is 84.9 cm³/mol. The number of carbonyl (C=O) groups is 1. The van der Waals surface area contributed by atoms with Gasteiger partial charge in [0.1, 0.15) is 16.0 Å². The molecule has 0 aliphatic carbocycles. The van der Waals surface area contributed by atoms with Gasteiger partial charge in [0.25, 0.3) is 0 Å². The van der Waals surface area contributed by atoms with Crippen molar-refractivity contribution in [3.63, 3.8) is 0 Å². The van der Waals surface area contributed by atoms with Gasteiger partial charge in [0.2, 0.25) is 5.91 Å². The highest BCUT2D eigenvalue weighted by Crippen LogP contribution is 2.30. The van der Waals surface area contributed by atoms with Gasteiger partial charge in [-0.1, -0.05) is 13.3 Å². The van der Waals surface area contributed by atoms with Crippen LogP contribution in [0.25, 0.3) is 0 Å². The smallest absolute Gasteiger partial charge is 0.241 e. The van der Waals surface area contributed by atoms with Gasteiger partial charge < -0.3 is 4.90 Å². The molecule has 2 heterocycles. The molecular formula is C14H22N2O3S2. The normalized spacial score (nSPS) is 24.5. The molecule has 1 aliphatic heterocycles. The molecule has 0 saturated carbocycles. The molecule has 3 unspecified atom stereocenters. The number of amides is 1. The fourth-order valence-corrected chi connectivity index (χ4v) is 4.54. The van der Waals surface area contributed by atoms with Crippen molar-refractivity contribution in [3.05, 3.63) is 22.4 Å². The van der Waals surface area contributed by atoms with Gasteiger partial charge in [-0.15, -0.1) is 0 Å². The lowest BCUT2D eigenvalue weighted by atomic mass is 10.1. The summed E-state index contributed by atoms with van der Waals surface area (Å²) >= 11 is 1.57. The standard InChI is InChI=1S/C14H22N2O3S2/c1-4-5-12-14(17)16(10(2)9-21(3,18)19)13(15-12)11-6-7-20-8-11/h6-8,10,12-13,15H,4-5,9H2,1-3H3. The van der Waals surface area contributed by atoms with Crippen LogP contribution < -0.4 is 5.32 Å². The molecule has 2 rings (SSSR count). The second kappa shape index (κ2) is 6.46. The minimum absolute atomic E-state index is 0.00389. The fourth-order valence-electron chi connectivity index (χ4n) is 2.82. The fraction of sp³-hybridized carbons (Fsp3) is 0.643. The van der Waals surface area contributed by atoms with Gasteiger partial charge in [0.05, 0.1) is 11.8 Å². The van der Waals surface area contributed by atoms with E-state index in [0.717, 1.165) is 18.4 Å². The third-order valence-electron chi connectivity index (χ3n) is 3.64. The number of rotatable bonds is 6. The van der Waals surface area contributed by atoms with E-state index < -0.39 is 9.84 Å². The lowest BCUT2D eigenvalue weighted by Crippen LogP contribution is -2.42. The Morgan fingerprint density at radius 1 is 1.48 bits per heavy atom. The maximum absolute atomic E-state index is 12.6. The van der Waals surface area contributed by atoms with Crippen LogP contribution in [0, 0.1) is 0 Å². The van der Waals surface area contributed by atoms with Gasteiger partial charge in [0.15, 0.2) is 0 Å². The van der Waals surface area contributed by atoms with E-state index >= 15 is 0 Å². The summed E-state index contributed by atoms with van der Waals surface area (Å²) in [5, 5.41) is 7.31. The molecule has 0 bridgehead atoms. The van der Waals surface area contributed by atoms with Gasteiger partial charge in [-0.3, -0.25) is 10.1 Å². The summed E-state index contributed by atoms with van der Waals surface area (Å²) in [6, 6.07) is 1.41. The lowest BCUT2D eigenvalue weighted by Gasteiger charge is -2.29. The molecule has 21 heavy (non-hydrogen) atoms. The number of nitrogens with zero attached hydrogens (tertiary/aromatic N) is 1. The molecule has 1 aliphatic rings. The number of sulfone groups is 1. The molecule has 1 aromatic rings. The van der Waals surface area contributed by atoms with E-state index in [0.29, 0.717) is 0 Å². The summed E-state index contributed by atoms with van der Waals surface area (Å²) in [6.45, 7) is 3.84. The summed E-state index contributed by atoms with van der Waals surface area (Å²) in [7, 11) is -3.13. The average molecular weight is 330 g/mol. The third-order valence-corrected chi connectivity index (χ3v) is 5.43. The molecule has 1 saturated heterocycles. The van der Waals surface area contributed by atoms with Crippen LogP contribution in [0.1, 0.15) is 38.4 Å². The zero-order valence-corrected chi connectivity index (χ0v) is 14.2. The van der Waals surface area contributed by atoms with E-state index in [1.807, 2.05) is 23.8 Å². The minimum atomic E-state index is -3.13. The molecule has 1 N–H and O–H groups in total. The van der Waals surface area contributed by atoms with Crippen LogP contribution in [-0.4, -0.2) is 43.3 Å². The number of carbonyl (C=O) groups excluding carboxylic acids is 1. The van der Waals surface area contributed by atoms with E-state index in [9.17, 15) is 13.2 Å². The van der Waals surface area contributed by atoms with Gasteiger partial charge in [-0.05, 0) is 35.7 Å².